The van der Waals surface area contributed by atoms with Gasteiger partial charge in [-0.3, -0.25) is 0 Å². The Morgan fingerprint density at radius 3 is 2.55 bits per heavy atom. The predicted molar refractivity (Wildman–Crippen MR) is 81.7 cm³/mol. The molecular formula is C16H19ClN2O. The number of benzene rings is 1. The van der Waals surface area contributed by atoms with Crippen LogP contribution in [0.5, 0.6) is 11.5 Å². The van der Waals surface area contributed by atoms with Crippen LogP contribution in [0, 0.1) is 13.8 Å². The summed E-state index contributed by atoms with van der Waals surface area (Å²) in [7, 11) is 0. The molecule has 0 aliphatic rings. The average molecular weight is 291 g/mol. The highest BCUT2D eigenvalue weighted by atomic mass is 35.5. The molecule has 3 nitrogen and oxygen atoms in total. The highest BCUT2D eigenvalue weighted by Crippen LogP contribution is 2.28. The number of ether oxygens (including phenoxy) is 1. The molecule has 0 bridgehead atoms. The zero-order valence-corrected chi connectivity index (χ0v) is 13.0. The van der Waals surface area contributed by atoms with E-state index in [0.29, 0.717) is 11.6 Å². The van der Waals surface area contributed by atoms with Gasteiger partial charge in [-0.1, -0.05) is 31.5 Å². The Morgan fingerprint density at radius 1 is 1.20 bits per heavy atom. The smallest absolute Gasteiger partial charge is 0.168 e. The van der Waals surface area contributed by atoms with Gasteiger partial charge in [-0.2, -0.15) is 0 Å². The van der Waals surface area contributed by atoms with E-state index in [9.17, 15) is 0 Å². The van der Waals surface area contributed by atoms with Crippen molar-refractivity contribution in [3.05, 3.63) is 47.0 Å². The molecule has 1 heterocycles. The number of halogens is 1. The number of alkyl halides is 1. The molecule has 0 fully saturated rings. The number of hydrogen-bond donors (Lipinski definition) is 0. The van der Waals surface area contributed by atoms with Gasteiger partial charge >= 0.3 is 0 Å². The minimum absolute atomic E-state index is 0.270. The molecule has 20 heavy (non-hydrogen) atoms. The standard InChI is InChI=1S/C16H19ClN2O/c1-10(2)16-18-9-15(13(8-17)19-16)20-14-6-5-11(3)7-12(14)4/h5-7,9-10H,8H2,1-4H3. The van der Waals surface area contributed by atoms with Crippen molar-refractivity contribution < 1.29 is 4.74 Å². The summed E-state index contributed by atoms with van der Waals surface area (Å²) in [6.07, 6.45) is 1.71. The molecular weight excluding hydrogens is 272 g/mol. The maximum atomic E-state index is 5.97. The topological polar surface area (TPSA) is 35.0 Å². The first-order chi connectivity index (χ1) is 9.51. The molecule has 0 saturated heterocycles. The van der Waals surface area contributed by atoms with Crippen LogP contribution < -0.4 is 4.74 Å². The molecule has 0 saturated carbocycles. The van der Waals surface area contributed by atoms with Gasteiger partial charge in [0.1, 0.15) is 17.3 Å². The summed E-state index contributed by atoms with van der Waals surface area (Å²) in [6, 6.07) is 6.06. The van der Waals surface area contributed by atoms with Gasteiger partial charge in [0.15, 0.2) is 5.75 Å². The highest BCUT2D eigenvalue weighted by Gasteiger charge is 2.11. The van der Waals surface area contributed by atoms with Crippen LogP contribution in [0.2, 0.25) is 0 Å². The zero-order chi connectivity index (χ0) is 14.7. The van der Waals surface area contributed by atoms with Gasteiger partial charge in [0, 0.05) is 5.92 Å². The molecule has 0 amide bonds. The molecule has 2 aromatic rings. The minimum Gasteiger partial charge on any atom is -0.453 e. The molecule has 0 unspecified atom stereocenters. The maximum absolute atomic E-state index is 5.97. The second kappa shape index (κ2) is 6.23. The summed E-state index contributed by atoms with van der Waals surface area (Å²) in [5.74, 6) is 2.79. The van der Waals surface area contributed by atoms with E-state index in [1.54, 1.807) is 6.20 Å². The molecule has 0 aliphatic heterocycles. The Labute approximate surface area is 125 Å². The molecule has 1 aromatic heterocycles. The number of aryl methyl sites for hydroxylation is 2. The van der Waals surface area contributed by atoms with Gasteiger partial charge in [0.05, 0.1) is 12.1 Å². The molecule has 0 atom stereocenters. The second-order valence-corrected chi connectivity index (χ2v) is 5.47. The molecule has 0 radical (unpaired) electrons. The fourth-order valence-corrected chi connectivity index (χ4v) is 2.10. The summed E-state index contributed by atoms with van der Waals surface area (Å²) in [5, 5.41) is 0. The predicted octanol–water partition coefficient (Wildman–Crippen LogP) is 4.75. The Morgan fingerprint density at radius 2 is 1.95 bits per heavy atom. The van der Waals surface area contributed by atoms with Crippen molar-refractivity contribution in [3.8, 4) is 11.5 Å². The van der Waals surface area contributed by atoms with Gasteiger partial charge in [-0.05, 0) is 25.5 Å². The summed E-state index contributed by atoms with van der Waals surface area (Å²) >= 11 is 5.97. The van der Waals surface area contributed by atoms with Crippen LogP contribution in [0.1, 0.15) is 42.4 Å². The van der Waals surface area contributed by atoms with Crippen molar-refractivity contribution in [2.45, 2.75) is 39.5 Å². The minimum atomic E-state index is 0.270. The van der Waals surface area contributed by atoms with Gasteiger partial charge in [-0.25, -0.2) is 9.97 Å². The first-order valence-corrected chi connectivity index (χ1v) is 7.21. The molecule has 0 N–H and O–H groups in total. The average Bonchev–Trinajstić information content (AvgIpc) is 2.42. The molecule has 0 spiro atoms. The van der Waals surface area contributed by atoms with Crippen LogP contribution in [-0.4, -0.2) is 9.97 Å². The summed E-state index contributed by atoms with van der Waals surface area (Å²) < 4.78 is 5.91. The molecule has 106 valence electrons. The first-order valence-electron chi connectivity index (χ1n) is 6.68. The second-order valence-electron chi connectivity index (χ2n) is 5.20. The number of nitrogens with zero attached hydrogens (tertiary/aromatic N) is 2. The Kier molecular flexibility index (Phi) is 4.61. The van der Waals surface area contributed by atoms with Gasteiger partial charge in [0.25, 0.3) is 0 Å². The van der Waals surface area contributed by atoms with Crippen LogP contribution in [0.4, 0.5) is 0 Å². The Hall–Kier alpha value is -1.61. The van der Waals surface area contributed by atoms with Gasteiger partial charge < -0.3 is 4.74 Å². The van der Waals surface area contributed by atoms with Crippen molar-refractivity contribution in [2.24, 2.45) is 0 Å². The van der Waals surface area contributed by atoms with E-state index < -0.39 is 0 Å². The normalized spacial score (nSPS) is 10.9. The third-order valence-corrected chi connectivity index (χ3v) is 3.29. The first kappa shape index (κ1) is 14.8. The Bertz CT molecular complexity index is 611. The molecule has 1 aromatic carbocycles. The lowest BCUT2D eigenvalue weighted by Crippen LogP contribution is -2.02. The van der Waals surface area contributed by atoms with E-state index in [2.05, 4.69) is 36.8 Å². The van der Waals surface area contributed by atoms with E-state index >= 15 is 0 Å². The van der Waals surface area contributed by atoms with Crippen molar-refractivity contribution in [1.82, 2.24) is 9.97 Å². The third kappa shape index (κ3) is 3.28. The number of hydrogen-bond acceptors (Lipinski definition) is 3. The van der Waals surface area contributed by atoms with Crippen LogP contribution in [0.25, 0.3) is 0 Å². The van der Waals surface area contributed by atoms with Crippen molar-refractivity contribution in [2.75, 3.05) is 0 Å². The quantitative estimate of drug-likeness (QED) is 0.762. The van der Waals surface area contributed by atoms with Gasteiger partial charge in [-0.15, -0.1) is 11.6 Å². The maximum Gasteiger partial charge on any atom is 0.168 e. The molecule has 2 rings (SSSR count). The fourth-order valence-electron chi connectivity index (χ4n) is 1.91. The fraction of sp³-hybridized carbons (Fsp3) is 0.375. The van der Waals surface area contributed by atoms with Crippen LogP contribution in [0.15, 0.2) is 24.4 Å². The zero-order valence-electron chi connectivity index (χ0n) is 12.3. The summed E-state index contributed by atoms with van der Waals surface area (Å²) in [4.78, 5) is 8.80. The lowest BCUT2D eigenvalue weighted by Gasteiger charge is -2.13. The van der Waals surface area contributed by atoms with Crippen LogP contribution >= 0.6 is 11.6 Å². The van der Waals surface area contributed by atoms with Crippen LogP contribution in [0.3, 0.4) is 0 Å². The van der Waals surface area contributed by atoms with Crippen molar-refractivity contribution >= 4 is 11.6 Å². The van der Waals surface area contributed by atoms with E-state index in [4.69, 9.17) is 16.3 Å². The van der Waals surface area contributed by atoms with Crippen molar-refractivity contribution in [1.29, 1.82) is 0 Å². The van der Waals surface area contributed by atoms with E-state index in [-0.39, 0.29) is 5.92 Å². The molecule has 4 heteroatoms. The summed E-state index contributed by atoms with van der Waals surface area (Å²) in [6.45, 7) is 8.18. The summed E-state index contributed by atoms with van der Waals surface area (Å²) in [5.41, 5.74) is 3.02. The van der Waals surface area contributed by atoms with Crippen LogP contribution in [-0.2, 0) is 5.88 Å². The van der Waals surface area contributed by atoms with Crippen molar-refractivity contribution in [3.63, 3.8) is 0 Å². The molecule has 0 aliphatic carbocycles. The highest BCUT2D eigenvalue weighted by molar-refractivity contribution is 6.17. The van der Waals surface area contributed by atoms with E-state index in [0.717, 1.165) is 22.8 Å². The van der Waals surface area contributed by atoms with E-state index in [1.165, 1.54) is 5.56 Å². The number of aromatic nitrogens is 2. The lowest BCUT2D eigenvalue weighted by molar-refractivity contribution is 0.466. The SMILES string of the molecule is Cc1ccc(Oc2cnc(C(C)C)nc2CCl)c(C)c1. The third-order valence-electron chi connectivity index (χ3n) is 3.04. The monoisotopic (exact) mass is 290 g/mol. The lowest BCUT2D eigenvalue weighted by atomic mass is 10.1. The van der Waals surface area contributed by atoms with E-state index in [1.807, 2.05) is 19.1 Å². The van der Waals surface area contributed by atoms with Gasteiger partial charge in [0.2, 0.25) is 0 Å². The largest absolute Gasteiger partial charge is 0.453 e. The Balaban J connectivity index is 2.33. The number of rotatable bonds is 4.